The average Bonchev–Trinajstić information content (AvgIpc) is 3.22. The van der Waals surface area contributed by atoms with Crippen molar-refractivity contribution in [1.29, 1.82) is 0 Å². The van der Waals surface area contributed by atoms with E-state index < -0.39 is 0 Å². The molecule has 1 fully saturated rings. The predicted octanol–water partition coefficient (Wildman–Crippen LogP) is 2.29. The molecular formula is C15H23N3O2. The van der Waals surface area contributed by atoms with Gasteiger partial charge in [-0.3, -0.25) is 4.79 Å². The highest BCUT2D eigenvalue weighted by atomic mass is 16.5. The first-order valence-corrected chi connectivity index (χ1v) is 7.26. The molecule has 0 unspecified atom stereocenters. The lowest BCUT2D eigenvalue weighted by molar-refractivity contribution is -0.129. The van der Waals surface area contributed by atoms with Gasteiger partial charge in [0.15, 0.2) is 0 Å². The Morgan fingerprint density at radius 2 is 2.30 bits per heavy atom. The van der Waals surface area contributed by atoms with Crippen LogP contribution in [-0.2, 0) is 4.79 Å². The maximum absolute atomic E-state index is 12.2. The molecule has 1 aromatic rings. The van der Waals surface area contributed by atoms with E-state index in [1.165, 1.54) is 0 Å². The summed E-state index contributed by atoms with van der Waals surface area (Å²) in [6.07, 6.45) is 4.01. The molecule has 0 radical (unpaired) electrons. The Kier molecular flexibility index (Phi) is 4.82. The minimum atomic E-state index is 0.0553. The first-order valence-electron chi connectivity index (χ1n) is 7.26. The second-order valence-corrected chi connectivity index (χ2v) is 5.29. The predicted molar refractivity (Wildman–Crippen MR) is 78.9 cm³/mol. The molecule has 1 aromatic heterocycles. The van der Waals surface area contributed by atoms with Gasteiger partial charge in [-0.2, -0.15) is 0 Å². The molecule has 20 heavy (non-hydrogen) atoms. The van der Waals surface area contributed by atoms with Gasteiger partial charge in [-0.15, -0.1) is 0 Å². The summed E-state index contributed by atoms with van der Waals surface area (Å²) in [5.41, 5.74) is 0.765. The van der Waals surface area contributed by atoms with E-state index in [9.17, 15) is 4.79 Å². The van der Waals surface area contributed by atoms with Crippen molar-refractivity contribution in [3.05, 3.63) is 18.3 Å². The third kappa shape index (κ3) is 3.85. The van der Waals surface area contributed by atoms with Gasteiger partial charge in [-0.05, 0) is 45.7 Å². The number of carbonyl (C=O) groups excluding carboxylic acids is 1. The van der Waals surface area contributed by atoms with Gasteiger partial charge in [0, 0.05) is 18.8 Å². The van der Waals surface area contributed by atoms with Crippen LogP contribution in [0, 0.1) is 0 Å². The first-order chi connectivity index (χ1) is 9.61. The number of hydrogen-bond acceptors (Lipinski definition) is 4. The number of nitrogens with one attached hydrogen (secondary N) is 1. The number of anilines is 1. The van der Waals surface area contributed by atoms with E-state index in [1.54, 1.807) is 6.20 Å². The first kappa shape index (κ1) is 14.6. The van der Waals surface area contributed by atoms with Crippen molar-refractivity contribution in [2.24, 2.45) is 0 Å². The zero-order valence-corrected chi connectivity index (χ0v) is 12.4. The van der Waals surface area contributed by atoms with Crippen molar-refractivity contribution in [2.45, 2.75) is 45.8 Å². The maximum atomic E-state index is 12.2. The van der Waals surface area contributed by atoms with E-state index in [-0.39, 0.29) is 18.6 Å². The number of ether oxygens (including phenoxy) is 1. The highest BCUT2D eigenvalue weighted by Gasteiger charge is 2.31. The Bertz CT molecular complexity index is 458. The summed E-state index contributed by atoms with van der Waals surface area (Å²) in [7, 11) is 0. The molecule has 1 aliphatic rings. The molecule has 0 bridgehead atoms. The fraction of sp³-hybridized carbons (Fsp3) is 0.600. The van der Waals surface area contributed by atoms with Crippen molar-refractivity contribution in [3.63, 3.8) is 0 Å². The second kappa shape index (κ2) is 6.59. The zero-order chi connectivity index (χ0) is 14.5. The van der Waals surface area contributed by atoms with Gasteiger partial charge in [0.05, 0.1) is 18.3 Å². The number of aromatic nitrogens is 1. The van der Waals surface area contributed by atoms with Crippen molar-refractivity contribution in [1.82, 2.24) is 9.88 Å². The normalized spacial score (nSPS) is 14.2. The molecule has 1 N–H and O–H groups in total. The Labute approximate surface area is 120 Å². The molecule has 0 atom stereocenters. The lowest BCUT2D eigenvalue weighted by Gasteiger charge is -2.21. The van der Waals surface area contributed by atoms with E-state index in [2.05, 4.69) is 10.3 Å². The van der Waals surface area contributed by atoms with Crippen LogP contribution in [0.25, 0.3) is 0 Å². The number of amides is 1. The van der Waals surface area contributed by atoms with Crippen LogP contribution in [0.15, 0.2) is 18.3 Å². The Morgan fingerprint density at radius 1 is 1.55 bits per heavy atom. The second-order valence-electron chi connectivity index (χ2n) is 5.29. The topological polar surface area (TPSA) is 54.5 Å². The lowest BCUT2D eigenvalue weighted by atomic mass is 10.3. The highest BCUT2D eigenvalue weighted by Crippen LogP contribution is 2.27. The third-order valence-electron chi connectivity index (χ3n) is 3.20. The lowest BCUT2D eigenvalue weighted by Crippen LogP contribution is -2.37. The largest absolute Gasteiger partial charge is 0.473 e. The van der Waals surface area contributed by atoms with E-state index in [4.69, 9.17) is 4.74 Å². The fourth-order valence-corrected chi connectivity index (χ4v) is 2.14. The van der Waals surface area contributed by atoms with Crippen LogP contribution in [0.1, 0.15) is 33.6 Å². The molecule has 2 rings (SSSR count). The summed E-state index contributed by atoms with van der Waals surface area (Å²) >= 11 is 0. The van der Waals surface area contributed by atoms with Crippen LogP contribution >= 0.6 is 0 Å². The Balaban J connectivity index is 1.94. The number of likely N-dealkylation sites (N-methyl/N-ethyl adjacent to an activating group) is 1. The molecule has 1 aliphatic carbocycles. The van der Waals surface area contributed by atoms with Gasteiger partial charge >= 0.3 is 0 Å². The van der Waals surface area contributed by atoms with Gasteiger partial charge in [0.1, 0.15) is 0 Å². The van der Waals surface area contributed by atoms with Crippen LogP contribution in [0.4, 0.5) is 5.69 Å². The van der Waals surface area contributed by atoms with Crippen molar-refractivity contribution < 1.29 is 9.53 Å². The minimum Gasteiger partial charge on any atom is -0.473 e. The molecule has 0 aliphatic heterocycles. The number of carbonyl (C=O) groups is 1. The molecule has 110 valence electrons. The molecular weight excluding hydrogens is 254 g/mol. The molecule has 0 spiro atoms. The average molecular weight is 277 g/mol. The minimum absolute atomic E-state index is 0.0553. The SMILES string of the molecule is CCN(C(=O)CNc1cccnc1OC(C)C)C1CC1. The van der Waals surface area contributed by atoms with Crippen molar-refractivity contribution in [3.8, 4) is 5.88 Å². The Morgan fingerprint density at radius 3 is 2.90 bits per heavy atom. The van der Waals surface area contributed by atoms with Crippen molar-refractivity contribution >= 4 is 11.6 Å². The quantitative estimate of drug-likeness (QED) is 0.831. The van der Waals surface area contributed by atoms with Gasteiger partial charge in [-0.1, -0.05) is 0 Å². The van der Waals surface area contributed by atoms with Crippen LogP contribution in [-0.4, -0.2) is 41.0 Å². The zero-order valence-electron chi connectivity index (χ0n) is 12.4. The number of rotatable bonds is 7. The third-order valence-corrected chi connectivity index (χ3v) is 3.20. The monoisotopic (exact) mass is 277 g/mol. The summed E-state index contributed by atoms with van der Waals surface area (Å²) in [6, 6.07) is 4.17. The van der Waals surface area contributed by atoms with Gasteiger partial charge < -0.3 is 15.0 Å². The molecule has 5 heteroatoms. The highest BCUT2D eigenvalue weighted by molar-refractivity contribution is 5.81. The number of pyridine rings is 1. The molecule has 5 nitrogen and oxygen atoms in total. The maximum Gasteiger partial charge on any atom is 0.242 e. The smallest absolute Gasteiger partial charge is 0.242 e. The summed E-state index contributed by atoms with van der Waals surface area (Å²) in [5.74, 6) is 0.680. The summed E-state index contributed by atoms with van der Waals surface area (Å²) in [5, 5.41) is 3.14. The van der Waals surface area contributed by atoms with Crippen LogP contribution < -0.4 is 10.1 Å². The molecule has 1 amide bonds. The summed E-state index contributed by atoms with van der Waals surface area (Å²) in [6.45, 7) is 6.98. The van der Waals surface area contributed by atoms with Gasteiger partial charge in [-0.25, -0.2) is 4.98 Å². The van der Waals surface area contributed by atoms with E-state index in [0.29, 0.717) is 11.9 Å². The summed E-state index contributed by atoms with van der Waals surface area (Å²) in [4.78, 5) is 18.3. The number of nitrogens with zero attached hydrogens (tertiary/aromatic N) is 2. The molecule has 0 aromatic carbocycles. The van der Waals surface area contributed by atoms with E-state index in [0.717, 1.165) is 25.1 Å². The Hall–Kier alpha value is -1.78. The summed E-state index contributed by atoms with van der Waals surface area (Å²) < 4.78 is 5.63. The standard InChI is InChI=1S/C15H23N3O2/c1-4-18(12-7-8-12)14(19)10-17-13-6-5-9-16-15(13)20-11(2)3/h5-6,9,11-12,17H,4,7-8,10H2,1-3H3. The van der Waals surface area contributed by atoms with Crippen molar-refractivity contribution in [2.75, 3.05) is 18.4 Å². The molecule has 0 saturated heterocycles. The van der Waals surface area contributed by atoms with Gasteiger partial charge in [0.25, 0.3) is 0 Å². The van der Waals surface area contributed by atoms with Gasteiger partial charge in [0.2, 0.25) is 11.8 Å². The van der Waals surface area contributed by atoms with E-state index >= 15 is 0 Å². The molecule has 1 saturated carbocycles. The van der Waals surface area contributed by atoms with Crippen LogP contribution in [0.5, 0.6) is 5.88 Å². The van der Waals surface area contributed by atoms with Crippen LogP contribution in [0.2, 0.25) is 0 Å². The van der Waals surface area contributed by atoms with E-state index in [1.807, 2.05) is 37.8 Å². The molecule has 1 heterocycles. The number of hydrogen-bond donors (Lipinski definition) is 1. The van der Waals surface area contributed by atoms with Crippen LogP contribution in [0.3, 0.4) is 0 Å². The fourth-order valence-electron chi connectivity index (χ4n) is 2.14.